The van der Waals surface area contributed by atoms with Crippen molar-refractivity contribution >= 4 is 16.0 Å². The van der Waals surface area contributed by atoms with Gasteiger partial charge < -0.3 is 5.11 Å². The Bertz CT molecular complexity index is 1280. The number of fused-ring (bicyclic) bond motifs is 1. The first kappa shape index (κ1) is 23.0. The number of aliphatic carboxylic acids is 1. The molecule has 0 saturated carbocycles. The van der Waals surface area contributed by atoms with Crippen LogP contribution in [0.25, 0.3) is 11.1 Å². The Morgan fingerprint density at radius 1 is 1.15 bits per heavy atom. The molecule has 1 aliphatic carbocycles. The van der Waals surface area contributed by atoms with Gasteiger partial charge in [-0.3, -0.25) is 9.48 Å². The summed E-state index contributed by atoms with van der Waals surface area (Å²) in [5, 5.41) is 13.1. The van der Waals surface area contributed by atoms with Gasteiger partial charge in [-0.2, -0.15) is 18.3 Å². The van der Waals surface area contributed by atoms with E-state index in [1.165, 1.54) is 47.3 Å². The first-order valence-electron chi connectivity index (χ1n) is 10.1. The lowest BCUT2D eigenvalue weighted by Gasteiger charge is -2.24. The van der Waals surface area contributed by atoms with Crippen molar-refractivity contribution in [3.8, 4) is 11.1 Å². The number of carboxylic acid groups (broad SMARTS) is 1. The summed E-state index contributed by atoms with van der Waals surface area (Å²) in [5.41, 5.74) is 1.33. The molecular formula is C22H20F3N3O4S. The van der Waals surface area contributed by atoms with Crippen molar-refractivity contribution < 1.29 is 31.5 Å². The number of benzene rings is 2. The molecule has 0 fully saturated rings. The van der Waals surface area contributed by atoms with Gasteiger partial charge in [-0.05, 0) is 54.7 Å². The highest BCUT2D eigenvalue weighted by molar-refractivity contribution is 7.89. The van der Waals surface area contributed by atoms with Gasteiger partial charge in [0.1, 0.15) is 6.54 Å². The van der Waals surface area contributed by atoms with Gasteiger partial charge in [0, 0.05) is 11.3 Å². The number of alkyl halides is 3. The molecule has 33 heavy (non-hydrogen) atoms. The number of hydrogen-bond donors (Lipinski definition) is 2. The van der Waals surface area contributed by atoms with E-state index in [-0.39, 0.29) is 11.4 Å². The van der Waals surface area contributed by atoms with Crippen molar-refractivity contribution in [3.05, 3.63) is 71.5 Å². The van der Waals surface area contributed by atoms with Gasteiger partial charge in [-0.15, -0.1) is 0 Å². The molecule has 2 N–H and O–H groups in total. The van der Waals surface area contributed by atoms with Gasteiger partial charge >= 0.3 is 12.1 Å². The van der Waals surface area contributed by atoms with Crippen molar-refractivity contribution in [1.82, 2.24) is 14.5 Å². The van der Waals surface area contributed by atoms with Crippen LogP contribution in [-0.4, -0.2) is 29.3 Å². The highest BCUT2D eigenvalue weighted by Crippen LogP contribution is 2.33. The number of hydrogen-bond acceptors (Lipinski definition) is 4. The van der Waals surface area contributed by atoms with Crippen LogP contribution in [0.4, 0.5) is 13.2 Å². The Hall–Kier alpha value is -3.18. The largest absolute Gasteiger partial charge is 0.480 e. The topological polar surface area (TPSA) is 101 Å². The third-order valence-corrected chi connectivity index (χ3v) is 7.02. The average molecular weight is 479 g/mol. The predicted octanol–water partition coefficient (Wildman–Crippen LogP) is 4.01. The second-order valence-corrected chi connectivity index (χ2v) is 9.48. The van der Waals surface area contributed by atoms with Crippen LogP contribution in [0.3, 0.4) is 0 Å². The molecule has 174 valence electrons. The normalized spacial score (nSPS) is 16.4. The van der Waals surface area contributed by atoms with E-state index in [4.69, 9.17) is 5.11 Å². The minimum absolute atomic E-state index is 0.0247. The molecule has 0 aliphatic heterocycles. The summed E-state index contributed by atoms with van der Waals surface area (Å²) in [6.45, 7) is -0.300. The van der Waals surface area contributed by atoms with Crippen LogP contribution in [0.1, 0.15) is 35.7 Å². The smallest absolute Gasteiger partial charge is 0.416 e. The van der Waals surface area contributed by atoms with Gasteiger partial charge in [-0.25, -0.2) is 13.1 Å². The van der Waals surface area contributed by atoms with Gasteiger partial charge in [0.25, 0.3) is 0 Å². The molecule has 4 rings (SSSR count). The zero-order valence-electron chi connectivity index (χ0n) is 17.2. The van der Waals surface area contributed by atoms with Gasteiger partial charge in [0.2, 0.25) is 10.0 Å². The standard InChI is InChI=1S/C22H20F3N3O4S/c23-22(24,25)16-4-1-3-15(11-16)14-7-9-17(10-8-14)33(31,32)27-19-5-2-6-20-18(19)12-26-28(20)13-21(29)30/h1,3-4,7-12,19,27H,2,5-6,13H2,(H,29,30). The maximum absolute atomic E-state index is 13.0. The van der Waals surface area contributed by atoms with Crippen LogP contribution in [0.5, 0.6) is 0 Å². The van der Waals surface area contributed by atoms with Crippen LogP contribution in [0, 0.1) is 0 Å². The molecule has 0 bridgehead atoms. The SMILES string of the molecule is O=C(O)Cn1ncc2c1CCCC2NS(=O)(=O)c1ccc(-c2cccc(C(F)(F)F)c2)cc1. The van der Waals surface area contributed by atoms with E-state index in [0.717, 1.165) is 12.1 Å². The molecule has 1 unspecified atom stereocenters. The lowest BCUT2D eigenvalue weighted by molar-refractivity contribution is -0.138. The monoisotopic (exact) mass is 479 g/mol. The maximum atomic E-state index is 13.0. The van der Waals surface area contributed by atoms with Crippen LogP contribution < -0.4 is 4.72 Å². The number of carbonyl (C=O) groups is 1. The zero-order valence-corrected chi connectivity index (χ0v) is 18.0. The van der Waals surface area contributed by atoms with Crippen molar-refractivity contribution in [2.24, 2.45) is 0 Å². The molecule has 1 aromatic heterocycles. The molecule has 0 radical (unpaired) electrons. The summed E-state index contributed by atoms with van der Waals surface area (Å²) >= 11 is 0. The number of nitrogens with zero attached hydrogens (tertiary/aromatic N) is 2. The molecular weight excluding hydrogens is 459 g/mol. The lowest BCUT2D eigenvalue weighted by atomic mass is 9.94. The molecule has 11 heteroatoms. The molecule has 1 heterocycles. The lowest BCUT2D eigenvalue weighted by Crippen LogP contribution is -2.31. The summed E-state index contributed by atoms with van der Waals surface area (Å²) in [4.78, 5) is 11.0. The van der Waals surface area contributed by atoms with E-state index >= 15 is 0 Å². The minimum Gasteiger partial charge on any atom is -0.480 e. The highest BCUT2D eigenvalue weighted by atomic mass is 32.2. The molecule has 0 saturated heterocycles. The van der Waals surface area contributed by atoms with E-state index in [2.05, 4.69) is 9.82 Å². The number of halogens is 3. The number of nitrogens with one attached hydrogen (secondary N) is 1. The molecule has 1 aliphatic rings. The van der Waals surface area contributed by atoms with Gasteiger partial charge in [0.15, 0.2) is 0 Å². The third-order valence-electron chi connectivity index (χ3n) is 5.53. The van der Waals surface area contributed by atoms with Crippen molar-refractivity contribution in [3.63, 3.8) is 0 Å². The molecule has 3 aromatic rings. The average Bonchev–Trinajstić information content (AvgIpc) is 3.16. The second-order valence-electron chi connectivity index (χ2n) is 7.77. The fraction of sp³-hybridized carbons (Fsp3) is 0.273. The maximum Gasteiger partial charge on any atom is 0.416 e. The molecule has 1 atom stereocenters. The zero-order chi connectivity index (χ0) is 23.8. The molecule has 2 aromatic carbocycles. The number of sulfonamides is 1. The summed E-state index contributed by atoms with van der Waals surface area (Å²) in [7, 11) is -3.93. The summed E-state index contributed by atoms with van der Waals surface area (Å²) in [6, 6.07) is 9.87. The van der Waals surface area contributed by atoms with Crippen LogP contribution >= 0.6 is 0 Å². The number of carboxylic acids is 1. The van der Waals surface area contributed by atoms with E-state index in [1.807, 2.05) is 0 Å². The van der Waals surface area contributed by atoms with Gasteiger partial charge in [0.05, 0.1) is 22.7 Å². The number of aromatic nitrogens is 2. The van der Waals surface area contributed by atoms with Gasteiger partial charge in [-0.1, -0.05) is 24.3 Å². The quantitative estimate of drug-likeness (QED) is 0.556. The minimum atomic E-state index is -4.47. The summed E-state index contributed by atoms with van der Waals surface area (Å²) in [6.07, 6.45) is -1.18. The Balaban J connectivity index is 1.55. The molecule has 7 nitrogen and oxygen atoms in total. The van der Waals surface area contributed by atoms with E-state index in [1.54, 1.807) is 0 Å². The summed E-state index contributed by atoms with van der Waals surface area (Å²) < 4.78 is 68.8. The predicted molar refractivity (Wildman–Crippen MR) is 113 cm³/mol. The van der Waals surface area contributed by atoms with Crippen LogP contribution in [-0.2, 0) is 34.0 Å². The van der Waals surface area contributed by atoms with Crippen molar-refractivity contribution in [2.45, 2.75) is 42.9 Å². The fourth-order valence-electron chi connectivity index (χ4n) is 3.96. The molecule has 0 spiro atoms. The van der Waals surface area contributed by atoms with Crippen molar-refractivity contribution in [2.75, 3.05) is 0 Å². The Morgan fingerprint density at radius 3 is 2.55 bits per heavy atom. The second kappa shape index (κ2) is 8.64. The van der Waals surface area contributed by atoms with Crippen molar-refractivity contribution in [1.29, 1.82) is 0 Å². The first-order valence-corrected chi connectivity index (χ1v) is 11.6. The number of rotatable bonds is 6. The Labute approximate surface area is 187 Å². The van der Waals surface area contributed by atoms with Crippen LogP contribution in [0.2, 0.25) is 0 Å². The Kier molecular flexibility index (Phi) is 6.02. The summed E-state index contributed by atoms with van der Waals surface area (Å²) in [5.74, 6) is -1.04. The Morgan fingerprint density at radius 2 is 1.88 bits per heavy atom. The fourth-order valence-corrected chi connectivity index (χ4v) is 5.21. The molecule has 0 amide bonds. The van der Waals surface area contributed by atoms with E-state index in [0.29, 0.717) is 41.6 Å². The van der Waals surface area contributed by atoms with E-state index < -0.39 is 33.8 Å². The third kappa shape index (κ3) is 4.93. The van der Waals surface area contributed by atoms with Crippen LogP contribution in [0.15, 0.2) is 59.6 Å². The first-order chi connectivity index (χ1) is 15.5. The van der Waals surface area contributed by atoms with E-state index in [9.17, 15) is 26.4 Å². The highest BCUT2D eigenvalue weighted by Gasteiger charge is 2.31.